The number of amides is 2. The average Bonchev–Trinajstić information content (AvgIpc) is 2.73. The summed E-state index contributed by atoms with van der Waals surface area (Å²) in [7, 11) is 0. The SMILES string of the molecule is Cc1ccc(NC(=O)NCC2(O)CCOCC2)s1. The maximum atomic E-state index is 11.6. The summed E-state index contributed by atoms with van der Waals surface area (Å²) >= 11 is 1.52. The predicted octanol–water partition coefficient (Wildman–Crippen LogP) is 1.72. The largest absolute Gasteiger partial charge is 0.388 e. The van der Waals surface area contributed by atoms with E-state index in [1.165, 1.54) is 11.3 Å². The van der Waals surface area contributed by atoms with Crippen molar-refractivity contribution in [1.29, 1.82) is 0 Å². The molecule has 0 bridgehead atoms. The fraction of sp³-hybridized carbons (Fsp3) is 0.583. The molecule has 1 saturated heterocycles. The van der Waals surface area contributed by atoms with Gasteiger partial charge in [0.05, 0.1) is 10.6 Å². The van der Waals surface area contributed by atoms with Crippen LogP contribution in [-0.2, 0) is 4.74 Å². The zero-order chi connectivity index (χ0) is 13.0. The van der Waals surface area contributed by atoms with Crippen molar-refractivity contribution < 1.29 is 14.6 Å². The number of carbonyl (C=O) groups excluding carboxylic acids is 1. The van der Waals surface area contributed by atoms with E-state index in [0.717, 1.165) is 9.88 Å². The molecule has 0 aromatic carbocycles. The topological polar surface area (TPSA) is 70.6 Å². The third-order valence-electron chi connectivity index (χ3n) is 2.98. The highest BCUT2D eigenvalue weighted by Gasteiger charge is 2.30. The van der Waals surface area contributed by atoms with Gasteiger partial charge in [-0.05, 0) is 19.1 Å². The van der Waals surface area contributed by atoms with Crippen molar-refractivity contribution in [3.8, 4) is 0 Å². The van der Waals surface area contributed by atoms with Gasteiger partial charge in [0.15, 0.2) is 0 Å². The summed E-state index contributed by atoms with van der Waals surface area (Å²) in [4.78, 5) is 12.8. The number of rotatable bonds is 3. The number of aliphatic hydroxyl groups is 1. The Morgan fingerprint density at radius 2 is 2.22 bits per heavy atom. The average molecular weight is 270 g/mol. The first-order valence-electron chi connectivity index (χ1n) is 5.99. The summed E-state index contributed by atoms with van der Waals surface area (Å²) in [5.41, 5.74) is -0.832. The molecule has 0 spiro atoms. The first kappa shape index (κ1) is 13.3. The molecule has 1 aromatic rings. The van der Waals surface area contributed by atoms with Crippen LogP contribution in [-0.4, -0.2) is 36.5 Å². The van der Waals surface area contributed by atoms with E-state index in [4.69, 9.17) is 4.74 Å². The maximum Gasteiger partial charge on any atom is 0.319 e. The van der Waals surface area contributed by atoms with Gasteiger partial charge in [0.1, 0.15) is 0 Å². The molecule has 6 heteroatoms. The van der Waals surface area contributed by atoms with Crippen LogP contribution in [0.4, 0.5) is 9.80 Å². The second-order valence-corrected chi connectivity index (χ2v) is 5.84. The van der Waals surface area contributed by atoms with Gasteiger partial charge in [-0.25, -0.2) is 4.79 Å². The van der Waals surface area contributed by atoms with E-state index in [9.17, 15) is 9.90 Å². The quantitative estimate of drug-likeness (QED) is 0.783. The highest BCUT2D eigenvalue weighted by Crippen LogP contribution is 2.21. The minimum absolute atomic E-state index is 0.256. The monoisotopic (exact) mass is 270 g/mol. The van der Waals surface area contributed by atoms with Gasteiger partial charge in [0.25, 0.3) is 0 Å². The van der Waals surface area contributed by atoms with Gasteiger partial charge in [-0.3, -0.25) is 5.32 Å². The van der Waals surface area contributed by atoms with E-state index in [2.05, 4.69) is 10.6 Å². The van der Waals surface area contributed by atoms with Gasteiger partial charge in [-0.1, -0.05) is 0 Å². The third kappa shape index (κ3) is 3.69. The molecule has 2 rings (SSSR count). The van der Waals surface area contributed by atoms with Gasteiger partial charge < -0.3 is 15.2 Å². The first-order chi connectivity index (χ1) is 8.57. The molecule has 18 heavy (non-hydrogen) atoms. The van der Waals surface area contributed by atoms with Crippen LogP contribution in [0.25, 0.3) is 0 Å². The molecule has 1 aliphatic rings. The molecule has 3 N–H and O–H groups in total. The van der Waals surface area contributed by atoms with Gasteiger partial charge in [-0.15, -0.1) is 11.3 Å². The zero-order valence-electron chi connectivity index (χ0n) is 10.4. The molecule has 0 aliphatic carbocycles. The summed E-state index contributed by atoms with van der Waals surface area (Å²) < 4.78 is 5.18. The standard InChI is InChI=1S/C12H18N2O3S/c1-9-2-3-10(18-9)14-11(15)13-8-12(16)4-6-17-7-5-12/h2-3,16H,4-8H2,1H3,(H2,13,14,15). The van der Waals surface area contributed by atoms with Crippen LogP contribution in [0.5, 0.6) is 0 Å². The van der Waals surface area contributed by atoms with E-state index >= 15 is 0 Å². The van der Waals surface area contributed by atoms with Gasteiger partial charge >= 0.3 is 6.03 Å². The van der Waals surface area contributed by atoms with Gasteiger partial charge in [-0.2, -0.15) is 0 Å². The number of carbonyl (C=O) groups is 1. The minimum Gasteiger partial charge on any atom is -0.388 e. The number of thiophene rings is 1. The Morgan fingerprint density at radius 3 is 2.83 bits per heavy atom. The van der Waals surface area contributed by atoms with Gasteiger partial charge in [0, 0.05) is 37.5 Å². The zero-order valence-corrected chi connectivity index (χ0v) is 11.2. The third-order valence-corrected chi connectivity index (χ3v) is 3.89. The number of anilines is 1. The molecule has 1 aliphatic heterocycles. The lowest BCUT2D eigenvalue weighted by atomic mass is 9.94. The molecule has 2 heterocycles. The van der Waals surface area contributed by atoms with E-state index in [-0.39, 0.29) is 12.6 Å². The Balaban J connectivity index is 1.77. The molecule has 0 atom stereocenters. The van der Waals surface area contributed by atoms with Crippen LogP contribution < -0.4 is 10.6 Å². The van der Waals surface area contributed by atoms with Crippen LogP contribution in [0, 0.1) is 6.92 Å². The molecular formula is C12H18N2O3S. The van der Waals surface area contributed by atoms with Crippen LogP contribution in [0.3, 0.4) is 0 Å². The number of hydrogen-bond donors (Lipinski definition) is 3. The van der Waals surface area contributed by atoms with Crippen molar-refractivity contribution in [2.45, 2.75) is 25.4 Å². The second kappa shape index (κ2) is 5.69. The summed E-state index contributed by atoms with van der Waals surface area (Å²) in [5.74, 6) is 0. The molecule has 5 nitrogen and oxygen atoms in total. The fourth-order valence-electron chi connectivity index (χ4n) is 1.83. The number of ether oxygens (including phenoxy) is 1. The Morgan fingerprint density at radius 1 is 1.50 bits per heavy atom. The molecule has 0 saturated carbocycles. The highest BCUT2D eigenvalue weighted by molar-refractivity contribution is 7.16. The van der Waals surface area contributed by atoms with Crippen molar-refractivity contribution in [3.63, 3.8) is 0 Å². The van der Waals surface area contributed by atoms with Crippen LogP contribution >= 0.6 is 11.3 Å². The number of aryl methyl sites for hydroxylation is 1. The first-order valence-corrected chi connectivity index (χ1v) is 6.80. The maximum absolute atomic E-state index is 11.6. The summed E-state index contributed by atoms with van der Waals surface area (Å²) in [6, 6.07) is 3.53. The second-order valence-electron chi connectivity index (χ2n) is 4.55. The Bertz CT molecular complexity index is 413. The normalized spacial score (nSPS) is 18.3. The Hall–Kier alpha value is -1.11. The molecule has 2 amide bonds. The van der Waals surface area contributed by atoms with Crippen LogP contribution in [0.1, 0.15) is 17.7 Å². The smallest absolute Gasteiger partial charge is 0.319 e. The number of hydrogen-bond acceptors (Lipinski definition) is 4. The van der Waals surface area contributed by atoms with Crippen molar-refractivity contribution in [1.82, 2.24) is 5.32 Å². The minimum atomic E-state index is -0.832. The molecule has 0 unspecified atom stereocenters. The van der Waals surface area contributed by atoms with E-state index in [0.29, 0.717) is 26.1 Å². The fourth-order valence-corrected chi connectivity index (χ4v) is 2.59. The Labute approximate surface area is 110 Å². The van der Waals surface area contributed by atoms with Crippen molar-refractivity contribution in [2.75, 3.05) is 25.1 Å². The summed E-state index contributed by atoms with van der Waals surface area (Å²) in [6.45, 7) is 3.33. The Kier molecular flexibility index (Phi) is 4.21. The lowest BCUT2D eigenvalue weighted by molar-refractivity contribution is -0.0598. The molecule has 1 aromatic heterocycles. The van der Waals surface area contributed by atoms with Crippen molar-refractivity contribution in [3.05, 3.63) is 17.0 Å². The summed E-state index contributed by atoms with van der Waals surface area (Å²) in [5, 5.41) is 16.4. The van der Waals surface area contributed by atoms with Crippen LogP contribution in [0.2, 0.25) is 0 Å². The van der Waals surface area contributed by atoms with Gasteiger partial charge in [0.2, 0.25) is 0 Å². The lowest BCUT2D eigenvalue weighted by Crippen LogP contribution is -2.47. The van der Waals surface area contributed by atoms with Crippen molar-refractivity contribution in [2.24, 2.45) is 0 Å². The van der Waals surface area contributed by atoms with E-state index in [1.807, 2.05) is 19.1 Å². The molecule has 0 radical (unpaired) electrons. The molecular weight excluding hydrogens is 252 g/mol. The summed E-state index contributed by atoms with van der Waals surface area (Å²) in [6.07, 6.45) is 1.12. The number of urea groups is 1. The van der Waals surface area contributed by atoms with Crippen molar-refractivity contribution >= 4 is 22.4 Å². The van der Waals surface area contributed by atoms with E-state index in [1.54, 1.807) is 0 Å². The highest BCUT2D eigenvalue weighted by atomic mass is 32.1. The van der Waals surface area contributed by atoms with Crippen LogP contribution in [0.15, 0.2) is 12.1 Å². The van der Waals surface area contributed by atoms with E-state index < -0.39 is 5.60 Å². The lowest BCUT2D eigenvalue weighted by Gasteiger charge is -2.31. The molecule has 100 valence electrons. The number of nitrogens with one attached hydrogen (secondary N) is 2. The predicted molar refractivity (Wildman–Crippen MR) is 71.1 cm³/mol. The molecule has 1 fully saturated rings.